The SMILES string of the molecule is Cc1ccc(S(=O)(=O)OC2CCC[N+](C)(C)C2)cc1. The Morgan fingerprint density at radius 3 is 2.42 bits per heavy atom. The molecule has 1 heterocycles. The maximum atomic E-state index is 12.2. The van der Waals surface area contributed by atoms with Crippen molar-refractivity contribution in [1.29, 1.82) is 0 Å². The predicted octanol–water partition coefficient (Wildman–Crippen LogP) is 1.94. The van der Waals surface area contributed by atoms with Gasteiger partial charge in [0.25, 0.3) is 10.1 Å². The van der Waals surface area contributed by atoms with Gasteiger partial charge in [-0.3, -0.25) is 4.18 Å². The monoisotopic (exact) mass is 284 g/mol. The van der Waals surface area contributed by atoms with Gasteiger partial charge >= 0.3 is 0 Å². The van der Waals surface area contributed by atoms with Gasteiger partial charge < -0.3 is 4.48 Å². The van der Waals surface area contributed by atoms with Gasteiger partial charge in [0, 0.05) is 0 Å². The number of quaternary nitrogens is 1. The van der Waals surface area contributed by atoms with Gasteiger partial charge in [0.2, 0.25) is 0 Å². The fourth-order valence-corrected chi connectivity index (χ4v) is 3.59. The summed E-state index contributed by atoms with van der Waals surface area (Å²) in [5, 5.41) is 0. The molecule has 1 fully saturated rings. The minimum absolute atomic E-state index is 0.213. The zero-order valence-corrected chi connectivity index (χ0v) is 12.6. The Morgan fingerprint density at radius 2 is 1.84 bits per heavy atom. The van der Waals surface area contributed by atoms with E-state index in [1.807, 2.05) is 6.92 Å². The second-order valence-electron chi connectivity index (χ2n) is 5.97. The van der Waals surface area contributed by atoms with Crippen LogP contribution in [0.25, 0.3) is 0 Å². The number of hydrogen-bond donors (Lipinski definition) is 0. The first-order chi connectivity index (χ1) is 8.78. The molecule has 2 rings (SSSR count). The summed E-state index contributed by atoms with van der Waals surface area (Å²) in [6, 6.07) is 6.79. The highest BCUT2D eigenvalue weighted by atomic mass is 32.2. The van der Waals surface area contributed by atoms with Crippen LogP contribution in [0.2, 0.25) is 0 Å². The molecule has 0 aromatic heterocycles. The topological polar surface area (TPSA) is 43.4 Å². The molecule has 1 unspecified atom stereocenters. The van der Waals surface area contributed by atoms with Crippen LogP contribution in [0, 0.1) is 6.92 Å². The van der Waals surface area contributed by atoms with E-state index in [-0.39, 0.29) is 11.0 Å². The molecule has 0 amide bonds. The summed E-state index contributed by atoms with van der Waals surface area (Å²) >= 11 is 0. The van der Waals surface area contributed by atoms with Crippen LogP contribution in [0.3, 0.4) is 0 Å². The summed E-state index contributed by atoms with van der Waals surface area (Å²) < 4.78 is 30.6. The maximum absolute atomic E-state index is 12.2. The summed E-state index contributed by atoms with van der Waals surface area (Å²) in [4.78, 5) is 0.244. The second-order valence-corrected chi connectivity index (χ2v) is 7.54. The summed E-state index contributed by atoms with van der Waals surface area (Å²) in [7, 11) is 0.573. The van der Waals surface area contributed by atoms with E-state index in [1.54, 1.807) is 24.3 Å². The van der Waals surface area contributed by atoms with Crippen LogP contribution >= 0.6 is 0 Å². The van der Waals surface area contributed by atoms with Gasteiger partial charge in [-0.1, -0.05) is 17.7 Å². The molecule has 0 radical (unpaired) electrons. The van der Waals surface area contributed by atoms with Crippen molar-refractivity contribution in [3.63, 3.8) is 0 Å². The van der Waals surface area contributed by atoms with Crippen LogP contribution in [0.5, 0.6) is 0 Å². The van der Waals surface area contributed by atoms with E-state index in [4.69, 9.17) is 4.18 Å². The molecule has 1 atom stereocenters. The van der Waals surface area contributed by atoms with Gasteiger partial charge in [-0.05, 0) is 31.9 Å². The maximum Gasteiger partial charge on any atom is 0.297 e. The van der Waals surface area contributed by atoms with Gasteiger partial charge in [-0.15, -0.1) is 0 Å². The molecule has 5 heteroatoms. The van der Waals surface area contributed by atoms with Gasteiger partial charge in [0.05, 0.1) is 25.5 Å². The lowest BCUT2D eigenvalue weighted by Gasteiger charge is -2.37. The van der Waals surface area contributed by atoms with E-state index in [1.165, 1.54) is 0 Å². The number of aryl methyl sites for hydroxylation is 1. The molecule has 1 aliphatic rings. The van der Waals surface area contributed by atoms with Crippen molar-refractivity contribution >= 4 is 10.1 Å². The van der Waals surface area contributed by atoms with E-state index in [2.05, 4.69) is 14.1 Å². The van der Waals surface area contributed by atoms with Crippen LogP contribution in [-0.4, -0.2) is 46.2 Å². The lowest BCUT2D eigenvalue weighted by Crippen LogP contribution is -2.50. The van der Waals surface area contributed by atoms with Crippen molar-refractivity contribution in [2.24, 2.45) is 0 Å². The third-order valence-electron chi connectivity index (χ3n) is 3.56. The van der Waals surface area contributed by atoms with E-state index in [0.717, 1.165) is 36.0 Å². The molecular weight excluding hydrogens is 262 g/mol. The van der Waals surface area contributed by atoms with E-state index in [9.17, 15) is 8.42 Å². The smallest absolute Gasteiger partial charge is 0.297 e. The number of nitrogens with zero attached hydrogens (tertiary/aromatic N) is 1. The standard InChI is InChI=1S/C14H22NO3S/c1-12-6-8-14(9-7-12)19(16,17)18-13-5-4-10-15(2,3)11-13/h6-9,13H,4-5,10-11H2,1-3H3/q+1. The Bertz CT molecular complexity index is 534. The van der Waals surface area contributed by atoms with Gasteiger partial charge in [0.1, 0.15) is 12.6 Å². The fraction of sp³-hybridized carbons (Fsp3) is 0.571. The van der Waals surface area contributed by atoms with Crippen LogP contribution in [-0.2, 0) is 14.3 Å². The van der Waals surface area contributed by atoms with Crippen LogP contribution in [0.4, 0.5) is 0 Å². The third-order valence-corrected chi connectivity index (χ3v) is 4.93. The molecule has 19 heavy (non-hydrogen) atoms. The van der Waals surface area contributed by atoms with Gasteiger partial charge in [0.15, 0.2) is 0 Å². The van der Waals surface area contributed by atoms with E-state index in [0.29, 0.717) is 0 Å². The highest BCUT2D eigenvalue weighted by Crippen LogP contribution is 2.22. The van der Waals surface area contributed by atoms with Crippen molar-refractivity contribution in [3.05, 3.63) is 29.8 Å². The van der Waals surface area contributed by atoms with Crippen molar-refractivity contribution in [2.75, 3.05) is 27.2 Å². The quantitative estimate of drug-likeness (QED) is 0.629. The number of benzene rings is 1. The lowest BCUT2D eigenvalue weighted by atomic mass is 10.1. The molecule has 1 aromatic rings. The molecular formula is C14H22NO3S+. The number of rotatable bonds is 3. The Labute approximate surface area is 115 Å². The van der Waals surface area contributed by atoms with Gasteiger partial charge in [-0.25, -0.2) is 0 Å². The van der Waals surface area contributed by atoms with Crippen molar-refractivity contribution < 1.29 is 17.1 Å². The number of hydrogen-bond acceptors (Lipinski definition) is 3. The zero-order valence-electron chi connectivity index (χ0n) is 11.8. The molecule has 0 aliphatic carbocycles. The molecule has 0 spiro atoms. The minimum atomic E-state index is -3.64. The Hall–Kier alpha value is -0.910. The molecule has 0 N–H and O–H groups in total. The average Bonchev–Trinajstić information content (AvgIpc) is 2.27. The largest absolute Gasteiger partial charge is 0.326 e. The van der Waals surface area contributed by atoms with Crippen LogP contribution in [0.15, 0.2) is 29.2 Å². The normalized spacial score (nSPS) is 23.2. The summed E-state index contributed by atoms with van der Waals surface area (Å²) in [5.74, 6) is 0. The summed E-state index contributed by atoms with van der Waals surface area (Å²) in [6.07, 6.45) is 1.60. The van der Waals surface area contributed by atoms with Crippen LogP contribution in [0.1, 0.15) is 18.4 Å². The lowest BCUT2D eigenvalue weighted by molar-refractivity contribution is -0.897. The highest BCUT2D eigenvalue weighted by molar-refractivity contribution is 7.86. The first-order valence-corrected chi connectivity index (χ1v) is 8.01. The molecule has 106 valence electrons. The van der Waals surface area contributed by atoms with Gasteiger partial charge in [-0.2, -0.15) is 8.42 Å². The highest BCUT2D eigenvalue weighted by Gasteiger charge is 2.32. The first-order valence-electron chi connectivity index (χ1n) is 6.60. The number of likely N-dealkylation sites (tertiary alicyclic amines) is 1. The first kappa shape index (κ1) is 14.5. The number of piperidine rings is 1. The predicted molar refractivity (Wildman–Crippen MR) is 74.3 cm³/mol. The van der Waals surface area contributed by atoms with Crippen molar-refractivity contribution in [3.8, 4) is 0 Å². The summed E-state index contributed by atoms with van der Waals surface area (Å²) in [6.45, 7) is 3.74. The minimum Gasteiger partial charge on any atom is -0.326 e. The third kappa shape index (κ3) is 3.78. The molecule has 0 bridgehead atoms. The Kier molecular flexibility index (Phi) is 3.99. The molecule has 0 saturated carbocycles. The van der Waals surface area contributed by atoms with E-state index >= 15 is 0 Å². The molecule has 1 aromatic carbocycles. The van der Waals surface area contributed by atoms with E-state index < -0.39 is 10.1 Å². The van der Waals surface area contributed by atoms with Crippen LogP contribution < -0.4 is 0 Å². The molecule has 4 nitrogen and oxygen atoms in total. The molecule has 1 aliphatic heterocycles. The molecule has 1 saturated heterocycles. The second kappa shape index (κ2) is 5.23. The Morgan fingerprint density at radius 1 is 1.21 bits per heavy atom. The fourth-order valence-electron chi connectivity index (χ4n) is 2.50. The zero-order chi connectivity index (χ0) is 14.1. The van der Waals surface area contributed by atoms with Crippen molar-refractivity contribution in [2.45, 2.75) is 30.8 Å². The van der Waals surface area contributed by atoms with Crippen molar-refractivity contribution in [1.82, 2.24) is 0 Å². The summed E-state index contributed by atoms with van der Waals surface area (Å²) in [5.41, 5.74) is 1.04. The average molecular weight is 284 g/mol. The Balaban J connectivity index is 2.11. The number of likely N-dealkylation sites (N-methyl/N-ethyl adjacent to an activating group) is 1.